The van der Waals surface area contributed by atoms with Crippen molar-refractivity contribution in [3.8, 4) is 0 Å². The molecule has 0 saturated heterocycles. The standard InChI is InChI=1S/C15H22N2O/c1-11-6-7-12(10-16-13-8-9-13)15(18)17(11)14-4-2-3-5-14/h6-7,13-14,16H,2-5,8-10H2,1H3. The molecule has 1 N–H and O–H groups in total. The molecule has 2 aliphatic rings. The highest BCUT2D eigenvalue weighted by Gasteiger charge is 2.22. The van der Waals surface area contributed by atoms with Crippen LogP contribution in [0.2, 0.25) is 0 Å². The molecule has 0 unspecified atom stereocenters. The summed E-state index contributed by atoms with van der Waals surface area (Å²) in [6, 6.07) is 5.20. The van der Waals surface area contributed by atoms with Gasteiger partial charge in [-0.2, -0.15) is 0 Å². The van der Waals surface area contributed by atoms with Crippen LogP contribution in [-0.4, -0.2) is 10.6 Å². The van der Waals surface area contributed by atoms with E-state index >= 15 is 0 Å². The third-order valence-electron chi connectivity index (χ3n) is 4.25. The quantitative estimate of drug-likeness (QED) is 0.885. The Morgan fingerprint density at radius 1 is 1.22 bits per heavy atom. The van der Waals surface area contributed by atoms with Crippen molar-refractivity contribution in [1.82, 2.24) is 9.88 Å². The molecule has 0 radical (unpaired) electrons. The largest absolute Gasteiger partial charge is 0.310 e. The molecule has 3 rings (SSSR count). The minimum absolute atomic E-state index is 0.232. The molecule has 0 atom stereocenters. The van der Waals surface area contributed by atoms with E-state index in [0.29, 0.717) is 12.1 Å². The van der Waals surface area contributed by atoms with Gasteiger partial charge in [0.1, 0.15) is 0 Å². The fraction of sp³-hybridized carbons (Fsp3) is 0.667. The lowest BCUT2D eigenvalue weighted by molar-refractivity contribution is 0.486. The van der Waals surface area contributed by atoms with Crippen molar-refractivity contribution >= 4 is 0 Å². The zero-order chi connectivity index (χ0) is 12.5. The van der Waals surface area contributed by atoms with Gasteiger partial charge in [0.05, 0.1) is 0 Å². The molecule has 3 heteroatoms. The monoisotopic (exact) mass is 246 g/mol. The minimum atomic E-state index is 0.232. The van der Waals surface area contributed by atoms with Crippen molar-refractivity contribution in [2.75, 3.05) is 0 Å². The summed E-state index contributed by atoms with van der Waals surface area (Å²) in [5.41, 5.74) is 2.27. The van der Waals surface area contributed by atoms with Crippen LogP contribution < -0.4 is 10.9 Å². The lowest BCUT2D eigenvalue weighted by Crippen LogP contribution is -2.31. The van der Waals surface area contributed by atoms with Gasteiger partial charge < -0.3 is 9.88 Å². The maximum absolute atomic E-state index is 12.5. The van der Waals surface area contributed by atoms with E-state index in [2.05, 4.69) is 18.3 Å². The van der Waals surface area contributed by atoms with E-state index < -0.39 is 0 Å². The molecule has 98 valence electrons. The first-order valence-corrected chi connectivity index (χ1v) is 7.20. The molecule has 2 saturated carbocycles. The van der Waals surface area contributed by atoms with E-state index in [4.69, 9.17) is 0 Å². The summed E-state index contributed by atoms with van der Waals surface area (Å²) in [5, 5.41) is 3.44. The van der Waals surface area contributed by atoms with Crippen molar-refractivity contribution in [3.63, 3.8) is 0 Å². The number of aromatic nitrogens is 1. The fourth-order valence-corrected chi connectivity index (χ4v) is 2.98. The van der Waals surface area contributed by atoms with E-state index in [1.54, 1.807) is 0 Å². The predicted octanol–water partition coefficient (Wildman–Crippen LogP) is 2.52. The smallest absolute Gasteiger partial charge is 0.255 e. The van der Waals surface area contributed by atoms with Crippen LogP contribution in [0.3, 0.4) is 0 Å². The van der Waals surface area contributed by atoms with Gasteiger partial charge >= 0.3 is 0 Å². The highest BCUT2D eigenvalue weighted by molar-refractivity contribution is 5.17. The minimum Gasteiger partial charge on any atom is -0.310 e. The van der Waals surface area contributed by atoms with Gasteiger partial charge in [-0.25, -0.2) is 0 Å². The van der Waals surface area contributed by atoms with E-state index in [9.17, 15) is 4.79 Å². The Labute approximate surface area is 108 Å². The van der Waals surface area contributed by atoms with Crippen LogP contribution in [0, 0.1) is 6.92 Å². The molecule has 0 amide bonds. The molecule has 1 aromatic heterocycles. The Hall–Kier alpha value is -1.09. The van der Waals surface area contributed by atoms with Gasteiger partial charge in [0.2, 0.25) is 0 Å². The maximum Gasteiger partial charge on any atom is 0.255 e. The molecule has 3 nitrogen and oxygen atoms in total. The molecule has 0 bridgehead atoms. The lowest BCUT2D eigenvalue weighted by atomic mass is 10.1. The normalized spacial score (nSPS) is 20.5. The molecular weight excluding hydrogens is 224 g/mol. The molecule has 18 heavy (non-hydrogen) atoms. The highest BCUT2D eigenvalue weighted by atomic mass is 16.1. The van der Waals surface area contributed by atoms with Crippen molar-refractivity contribution in [2.24, 2.45) is 0 Å². The summed E-state index contributed by atoms with van der Waals surface area (Å²) in [4.78, 5) is 12.5. The van der Waals surface area contributed by atoms with Gasteiger partial charge in [0.15, 0.2) is 0 Å². The van der Waals surface area contributed by atoms with Gasteiger partial charge in [0.25, 0.3) is 5.56 Å². The molecule has 0 spiro atoms. The van der Waals surface area contributed by atoms with Gasteiger partial charge in [-0.1, -0.05) is 18.9 Å². The molecular formula is C15H22N2O. The van der Waals surface area contributed by atoms with Gasteiger partial charge in [0, 0.05) is 29.9 Å². The van der Waals surface area contributed by atoms with Crippen LogP contribution in [0.25, 0.3) is 0 Å². The summed E-state index contributed by atoms with van der Waals surface area (Å²) >= 11 is 0. The average molecular weight is 246 g/mol. The number of pyridine rings is 1. The van der Waals surface area contributed by atoms with Crippen LogP contribution in [-0.2, 0) is 6.54 Å². The first kappa shape index (κ1) is 12.0. The highest BCUT2D eigenvalue weighted by Crippen LogP contribution is 2.29. The number of nitrogens with zero attached hydrogens (tertiary/aromatic N) is 1. The topological polar surface area (TPSA) is 34.0 Å². The number of aryl methyl sites for hydroxylation is 1. The third-order valence-corrected chi connectivity index (χ3v) is 4.25. The van der Waals surface area contributed by atoms with Gasteiger partial charge in [-0.15, -0.1) is 0 Å². The Kier molecular flexibility index (Phi) is 3.25. The van der Waals surface area contributed by atoms with Crippen LogP contribution in [0.1, 0.15) is 55.8 Å². The maximum atomic E-state index is 12.5. The zero-order valence-corrected chi connectivity index (χ0v) is 11.1. The Morgan fingerprint density at radius 3 is 2.61 bits per heavy atom. The fourth-order valence-electron chi connectivity index (χ4n) is 2.98. The molecule has 1 heterocycles. The Balaban J connectivity index is 1.85. The Morgan fingerprint density at radius 2 is 1.94 bits per heavy atom. The van der Waals surface area contributed by atoms with Crippen molar-refractivity contribution in [2.45, 2.75) is 64.1 Å². The van der Waals surface area contributed by atoms with Gasteiger partial charge in [-0.3, -0.25) is 4.79 Å². The number of nitrogens with one attached hydrogen (secondary N) is 1. The summed E-state index contributed by atoms with van der Waals surface area (Å²) < 4.78 is 2.04. The van der Waals surface area contributed by atoms with Crippen molar-refractivity contribution in [3.05, 3.63) is 33.7 Å². The molecule has 2 aliphatic carbocycles. The van der Waals surface area contributed by atoms with Crippen LogP contribution in [0.15, 0.2) is 16.9 Å². The molecule has 0 aliphatic heterocycles. The zero-order valence-electron chi connectivity index (χ0n) is 11.1. The molecule has 2 fully saturated rings. The predicted molar refractivity (Wildman–Crippen MR) is 72.8 cm³/mol. The first-order valence-electron chi connectivity index (χ1n) is 7.20. The summed E-state index contributed by atoms with van der Waals surface area (Å²) in [6.07, 6.45) is 7.40. The molecule has 1 aromatic rings. The van der Waals surface area contributed by atoms with E-state index in [0.717, 1.165) is 17.8 Å². The van der Waals surface area contributed by atoms with E-state index in [-0.39, 0.29) is 5.56 Å². The number of rotatable bonds is 4. The van der Waals surface area contributed by atoms with Crippen LogP contribution >= 0.6 is 0 Å². The number of hydrogen-bond acceptors (Lipinski definition) is 2. The van der Waals surface area contributed by atoms with Crippen molar-refractivity contribution in [1.29, 1.82) is 0 Å². The van der Waals surface area contributed by atoms with Crippen molar-refractivity contribution < 1.29 is 0 Å². The third kappa shape index (κ3) is 2.37. The SMILES string of the molecule is Cc1ccc(CNC2CC2)c(=O)n1C1CCCC1. The lowest BCUT2D eigenvalue weighted by Gasteiger charge is -2.18. The van der Waals surface area contributed by atoms with Crippen LogP contribution in [0.4, 0.5) is 0 Å². The van der Waals surface area contributed by atoms with E-state index in [1.807, 2.05) is 10.6 Å². The average Bonchev–Trinajstić information content (AvgIpc) is 3.03. The summed E-state index contributed by atoms with van der Waals surface area (Å²) in [7, 11) is 0. The second kappa shape index (κ2) is 4.88. The first-order chi connectivity index (χ1) is 8.75. The summed E-state index contributed by atoms with van der Waals surface area (Å²) in [6.45, 7) is 2.79. The Bertz CT molecular complexity index is 482. The van der Waals surface area contributed by atoms with E-state index in [1.165, 1.54) is 38.5 Å². The van der Waals surface area contributed by atoms with Crippen LogP contribution in [0.5, 0.6) is 0 Å². The number of hydrogen-bond donors (Lipinski definition) is 1. The van der Waals surface area contributed by atoms with Gasteiger partial charge in [-0.05, 0) is 38.7 Å². The molecule has 0 aromatic carbocycles. The second-order valence-electron chi connectivity index (χ2n) is 5.77. The second-order valence-corrected chi connectivity index (χ2v) is 5.77. The summed E-state index contributed by atoms with van der Waals surface area (Å²) in [5.74, 6) is 0.